The maximum Gasteiger partial charge on any atom is 0.179 e. The molecular weight excluding hydrogens is 317 g/mol. The van der Waals surface area contributed by atoms with E-state index in [4.69, 9.17) is 22.7 Å². The molecule has 0 radical (unpaired) electrons. The molecule has 5 heteroatoms. The second-order valence-corrected chi connectivity index (χ2v) is 5.77. The Kier molecular flexibility index (Phi) is 4.56. The first-order valence-electron chi connectivity index (χ1n) is 6.00. The highest BCUT2D eigenvalue weighted by Gasteiger charge is 2.18. The number of hydrogen-bond acceptors (Lipinski definition) is 2. The van der Waals surface area contributed by atoms with E-state index in [9.17, 15) is 4.39 Å². The van der Waals surface area contributed by atoms with Gasteiger partial charge in [0.2, 0.25) is 0 Å². The van der Waals surface area contributed by atoms with Gasteiger partial charge in [0.25, 0.3) is 0 Å². The highest BCUT2D eigenvalue weighted by atomic mass is 79.9. The lowest BCUT2D eigenvalue weighted by Crippen LogP contribution is -2.15. The number of nitrogens with two attached hydrogens (primary N) is 1. The van der Waals surface area contributed by atoms with Crippen LogP contribution in [0.3, 0.4) is 0 Å². The van der Waals surface area contributed by atoms with Crippen molar-refractivity contribution in [2.45, 2.75) is 25.7 Å². The van der Waals surface area contributed by atoms with E-state index in [-0.39, 0.29) is 15.2 Å². The molecule has 1 aliphatic rings. The molecule has 1 aromatic carbocycles. The number of rotatable bonds is 5. The van der Waals surface area contributed by atoms with E-state index in [0.717, 1.165) is 12.3 Å². The van der Waals surface area contributed by atoms with Crippen molar-refractivity contribution in [3.8, 4) is 5.75 Å². The van der Waals surface area contributed by atoms with Gasteiger partial charge >= 0.3 is 0 Å². The van der Waals surface area contributed by atoms with Gasteiger partial charge in [-0.2, -0.15) is 0 Å². The van der Waals surface area contributed by atoms with Gasteiger partial charge in [0.15, 0.2) is 11.6 Å². The number of benzene rings is 1. The van der Waals surface area contributed by atoms with Crippen LogP contribution < -0.4 is 10.5 Å². The second kappa shape index (κ2) is 5.97. The molecular formula is C13H15BrFNOS. The summed E-state index contributed by atoms with van der Waals surface area (Å²) in [6.07, 6.45) is 4.85. The summed E-state index contributed by atoms with van der Waals surface area (Å²) in [6.45, 7) is 0.556. The Bertz CT molecular complexity index is 463. The largest absolute Gasteiger partial charge is 0.490 e. The summed E-state index contributed by atoms with van der Waals surface area (Å²) in [5, 5.41) is 0. The minimum atomic E-state index is -0.436. The molecule has 0 spiro atoms. The Labute approximate surface area is 120 Å². The van der Waals surface area contributed by atoms with Crippen molar-refractivity contribution in [2.24, 2.45) is 11.7 Å². The summed E-state index contributed by atoms with van der Waals surface area (Å²) in [4.78, 5) is 0.168. The first-order chi connectivity index (χ1) is 8.59. The van der Waals surface area contributed by atoms with E-state index in [1.807, 2.05) is 0 Å². The van der Waals surface area contributed by atoms with Gasteiger partial charge in [0.1, 0.15) is 4.99 Å². The molecule has 0 unspecified atom stereocenters. The lowest BCUT2D eigenvalue weighted by atomic mass is 9.83. The molecule has 98 valence electrons. The van der Waals surface area contributed by atoms with Gasteiger partial charge in [-0.15, -0.1) is 0 Å². The highest BCUT2D eigenvalue weighted by molar-refractivity contribution is 9.10. The third-order valence-electron chi connectivity index (χ3n) is 3.32. The van der Waals surface area contributed by atoms with E-state index in [0.29, 0.717) is 12.2 Å². The van der Waals surface area contributed by atoms with Gasteiger partial charge in [-0.3, -0.25) is 0 Å². The number of halogens is 2. The van der Waals surface area contributed by atoms with Crippen LogP contribution in [0.25, 0.3) is 0 Å². The summed E-state index contributed by atoms with van der Waals surface area (Å²) >= 11 is 7.99. The molecule has 0 atom stereocenters. The van der Waals surface area contributed by atoms with Crippen LogP contribution >= 0.6 is 28.1 Å². The van der Waals surface area contributed by atoms with Crippen LogP contribution in [0.1, 0.15) is 31.2 Å². The van der Waals surface area contributed by atoms with E-state index in [1.54, 1.807) is 12.1 Å². The molecule has 1 aliphatic carbocycles. The van der Waals surface area contributed by atoms with Crippen molar-refractivity contribution in [3.05, 3.63) is 28.0 Å². The topological polar surface area (TPSA) is 35.2 Å². The van der Waals surface area contributed by atoms with Crippen LogP contribution in [0.4, 0.5) is 4.39 Å². The quantitative estimate of drug-likeness (QED) is 0.833. The van der Waals surface area contributed by atoms with Gasteiger partial charge in [0, 0.05) is 5.56 Å². The van der Waals surface area contributed by atoms with Gasteiger partial charge < -0.3 is 10.5 Å². The zero-order valence-corrected chi connectivity index (χ0v) is 12.3. The molecule has 2 nitrogen and oxygen atoms in total. The predicted octanol–water partition coefficient (Wildman–Crippen LogP) is 3.79. The monoisotopic (exact) mass is 331 g/mol. The van der Waals surface area contributed by atoms with Crippen molar-refractivity contribution in [3.63, 3.8) is 0 Å². The Morgan fingerprint density at radius 2 is 2.22 bits per heavy atom. The summed E-state index contributed by atoms with van der Waals surface area (Å²) in [5.41, 5.74) is 5.99. The van der Waals surface area contributed by atoms with Crippen LogP contribution in [0.2, 0.25) is 0 Å². The van der Waals surface area contributed by atoms with Gasteiger partial charge in [0.05, 0.1) is 11.1 Å². The molecule has 0 bridgehead atoms. The normalized spacial score (nSPS) is 15.2. The van der Waals surface area contributed by atoms with E-state index in [1.165, 1.54) is 19.3 Å². The van der Waals surface area contributed by atoms with E-state index < -0.39 is 5.82 Å². The molecule has 2 N–H and O–H groups in total. The Balaban J connectivity index is 1.99. The average Bonchev–Trinajstić information content (AvgIpc) is 2.27. The fourth-order valence-electron chi connectivity index (χ4n) is 1.95. The van der Waals surface area contributed by atoms with Crippen LogP contribution in [0.15, 0.2) is 16.6 Å². The van der Waals surface area contributed by atoms with E-state index in [2.05, 4.69) is 15.9 Å². The summed E-state index contributed by atoms with van der Waals surface area (Å²) in [6, 6.07) is 3.25. The summed E-state index contributed by atoms with van der Waals surface area (Å²) in [7, 11) is 0. The van der Waals surface area contributed by atoms with Crippen LogP contribution in [-0.4, -0.2) is 11.6 Å². The minimum absolute atomic E-state index is 0.168. The number of thiocarbonyl (C=S) groups is 1. The van der Waals surface area contributed by atoms with Crippen LogP contribution in [0, 0.1) is 11.7 Å². The molecule has 1 fully saturated rings. The Morgan fingerprint density at radius 3 is 2.78 bits per heavy atom. The molecule has 1 aromatic rings. The van der Waals surface area contributed by atoms with Crippen LogP contribution in [-0.2, 0) is 0 Å². The summed E-state index contributed by atoms with van der Waals surface area (Å²) in [5.74, 6) is 0.572. The molecule has 0 heterocycles. The Morgan fingerprint density at radius 1 is 1.50 bits per heavy atom. The maximum atomic E-state index is 14.0. The van der Waals surface area contributed by atoms with E-state index >= 15 is 0 Å². The molecule has 0 aliphatic heterocycles. The highest BCUT2D eigenvalue weighted by Crippen LogP contribution is 2.31. The standard InChI is InChI=1S/C13H15BrFNOS/c14-11-9(13(16)18)4-5-10(12(11)15)17-7-6-8-2-1-3-8/h4-5,8H,1-3,6-7H2,(H2,16,18). The molecule has 18 heavy (non-hydrogen) atoms. The minimum Gasteiger partial charge on any atom is -0.490 e. The Hall–Kier alpha value is -0.680. The first kappa shape index (κ1) is 13.7. The lowest BCUT2D eigenvalue weighted by molar-refractivity contribution is 0.216. The van der Waals surface area contributed by atoms with Crippen molar-refractivity contribution in [1.29, 1.82) is 0 Å². The summed E-state index contributed by atoms with van der Waals surface area (Å²) < 4.78 is 19.7. The van der Waals surface area contributed by atoms with Crippen molar-refractivity contribution >= 4 is 33.1 Å². The average molecular weight is 332 g/mol. The smallest absolute Gasteiger partial charge is 0.179 e. The number of ether oxygens (including phenoxy) is 1. The lowest BCUT2D eigenvalue weighted by Gasteiger charge is -2.25. The SMILES string of the molecule is NC(=S)c1ccc(OCCC2CCC2)c(F)c1Br. The molecule has 1 saturated carbocycles. The van der Waals surface area contributed by atoms with Gasteiger partial charge in [-0.25, -0.2) is 4.39 Å². The number of hydrogen-bond donors (Lipinski definition) is 1. The fourth-order valence-corrected chi connectivity index (χ4v) is 2.79. The van der Waals surface area contributed by atoms with Crippen molar-refractivity contribution in [1.82, 2.24) is 0 Å². The third-order valence-corrected chi connectivity index (χ3v) is 4.32. The molecule has 0 aromatic heterocycles. The van der Waals surface area contributed by atoms with Gasteiger partial charge in [-0.1, -0.05) is 31.5 Å². The third kappa shape index (κ3) is 3.01. The zero-order valence-electron chi connectivity index (χ0n) is 9.92. The molecule has 2 rings (SSSR count). The fraction of sp³-hybridized carbons (Fsp3) is 0.462. The zero-order chi connectivity index (χ0) is 13.1. The predicted molar refractivity (Wildman–Crippen MR) is 77.4 cm³/mol. The first-order valence-corrected chi connectivity index (χ1v) is 7.20. The van der Waals surface area contributed by atoms with Crippen LogP contribution in [0.5, 0.6) is 5.75 Å². The van der Waals surface area contributed by atoms with Gasteiger partial charge in [-0.05, 0) is 40.4 Å². The van der Waals surface area contributed by atoms with Crippen molar-refractivity contribution in [2.75, 3.05) is 6.61 Å². The van der Waals surface area contributed by atoms with Crippen molar-refractivity contribution < 1.29 is 9.13 Å². The maximum absolute atomic E-state index is 14.0. The second-order valence-electron chi connectivity index (χ2n) is 4.54. The molecule has 0 amide bonds. The molecule has 0 saturated heterocycles.